The van der Waals surface area contributed by atoms with Crippen molar-refractivity contribution in [3.63, 3.8) is 0 Å². The SMILES string of the molecule is Cc1cc(C2CC(O)CCC2CN2C(=O)c3ccccc3C2=O)ccn1. The number of benzene rings is 1. The molecule has 5 nitrogen and oxygen atoms in total. The van der Waals surface area contributed by atoms with Crippen molar-refractivity contribution < 1.29 is 14.7 Å². The fourth-order valence-corrected chi connectivity index (χ4v) is 4.28. The van der Waals surface area contributed by atoms with Crippen molar-refractivity contribution in [2.75, 3.05) is 6.54 Å². The number of amides is 2. The number of hydrogen-bond acceptors (Lipinski definition) is 4. The molecular weight excluding hydrogens is 328 g/mol. The van der Waals surface area contributed by atoms with Gasteiger partial charge in [-0.15, -0.1) is 0 Å². The summed E-state index contributed by atoms with van der Waals surface area (Å²) in [6, 6.07) is 11.0. The first kappa shape index (κ1) is 16.9. The fraction of sp³-hybridized carbons (Fsp3) is 0.381. The van der Waals surface area contributed by atoms with Crippen LogP contribution in [0.15, 0.2) is 42.6 Å². The Morgan fingerprint density at radius 3 is 2.46 bits per heavy atom. The zero-order valence-corrected chi connectivity index (χ0v) is 14.8. The summed E-state index contributed by atoms with van der Waals surface area (Å²) in [5, 5.41) is 10.2. The molecule has 1 aliphatic heterocycles. The third kappa shape index (κ3) is 2.92. The van der Waals surface area contributed by atoms with Crippen LogP contribution in [0.4, 0.5) is 0 Å². The molecule has 134 valence electrons. The second-order valence-electron chi connectivity index (χ2n) is 7.33. The van der Waals surface area contributed by atoms with E-state index in [9.17, 15) is 14.7 Å². The highest BCUT2D eigenvalue weighted by Gasteiger charge is 2.39. The number of pyridine rings is 1. The van der Waals surface area contributed by atoms with Gasteiger partial charge in [0.15, 0.2) is 0 Å². The number of carbonyl (C=O) groups excluding carboxylic acids is 2. The van der Waals surface area contributed by atoms with E-state index in [0.717, 1.165) is 17.7 Å². The van der Waals surface area contributed by atoms with Crippen LogP contribution in [0.5, 0.6) is 0 Å². The smallest absolute Gasteiger partial charge is 0.261 e. The number of rotatable bonds is 3. The summed E-state index contributed by atoms with van der Waals surface area (Å²) in [5.74, 6) is -0.157. The topological polar surface area (TPSA) is 70.5 Å². The Morgan fingerprint density at radius 1 is 1.12 bits per heavy atom. The second-order valence-corrected chi connectivity index (χ2v) is 7.33. The Kier molecular flexibility index (Phi) is 4.32. The summed E-state index contributed by atoms with van der Waals surface area (Å²) in [6.07, 6.45) is 3.59. The van der Waals surface area contributed by atoms with Crippen molar-refractivity contribution in [1.82, 2.24) is 9.88 Å². The fourth-order valence-electron chi connectivity index (χ4n) is 4.28. The van der Waals surface area contributed by atoms with Gasteiger partial charge in [-0.2, -0.15) is 0 Å². The molecule has 0 bridgehead atoms. The molecule has 3 atom stereocenters. The molecular formula is C21H22N2O3. The van der Waals surface area contributed by atoms with Gasteiger partial charge >= 0.3 is 0 Å². The minimum absolute atomic E-state index is 0.116. The van der Waals surface area contributed by atoms with Crippen molar-refractivity contribution >= 4 is 11.8 Å². The Hall–Kier alpha value is -2.53. The standard InChI is InChI=1S/C21H22N2O3/c1-13-10-14(8-9-22-13)19-11-16(24)7-6-15(19)12-23-20(25)17-4-2-3-5-18(17)21(23)26/h2-5,8-10,15-16,19,24H,6-7,11-12H2,1H3. The number of aliphatic hydroxyl groups excluding tert-OH is 1. The van der Waals surface area contributed by atoms with Crippen LogP contribution in [0.1, 0.15) is 57.2 Å². The predicted molar refractivity (Wildman–Crippen MR) is 96.9 cm³/mol. The number of imide groups is 1. The van der Waals surface area contributed by atoms with Crippen LogP contribution < -0.4 is 0 Å². The van der Waals surface area contributed by atoms with Crippen LogP contribution in [0, 0.1) is 12.8 Å². The van der Waals surface area contributed by atoms with Crippen molar-refractivity contribution in [1.29, 1.82) is 0 Å². The average Bonchev–Trinajstić information content (AvgIpc) is 2.88. The monoisotopic (exact) mass is 350 g/mol. The van der Waals surface area contributed by atoms with Crippen LogP contribution >= 0.6 is 0 Å². The zero-order valence-electron chi connectivity index (χ0n) is 14.8. The first-order valence-corrected chi connectivity index (χ1v) is 9.10. The molecule has 0 radical (unpaired) electrons. The van der Waals surface area contributed by atoms with Gasteiger partial charge in [0.25, 0.3) is 11.8 Å². The maximum absolute atomic E-state index is 12.7. The van der Waals surface area contributed by atoms with Crippen molar-refractivity contribution in [2.45, 2.75) is 38.2 Å². The van der Waals surface area contributed by atoms with E-state index in [-0.39, 0.29) is 29.8 Å². The van der Waals surface area contributed by atoms with Gasteiger partial charge in [0.2, 0.25) is 0 Å². The lowest BCUT2D eigenvalue weighted by molar-refractivity contribution is 0.0539. The molecule has 3 unspecified atom stereocenters. The molecule has 1 aliphatic carbocycles. The average molecular weight is 350 g/mol. The number of aliphatic hydroxyl groups is 1. The maximum Gasteiger partial charge on any atom is 0.261 e. The summed E-state index contributed by atoms with van der Waals surface area (Å²) in [5.41, 5.74) is 3.04. The third-order valence-corrected chi connectivity index (χ3v) is 5.61. The summed E-state index contributed by atoms with van der Waals surface area (Å²) < 4.78 is 0. The van der Waals surface area contributed by atoms with E-state index in [2.05, 4.69) is 4.98 Å². The van der Waals surface area contributed by atoms with Gasteiger partial charge in [0.05, 0.1) is 17.2 Å². The van der Waals surface area contributed by atoms with E-state index in [4.69, 9.17) is 0 Å². The van der Waals surface area contributed by atoms with Gasteiger partial charge < -0.3 is 5.11 Å². The first-order valence-electron chi connectivity index (χ1n) is 9.10. The molecule has 1 aromatic heterocycles. The van der Waals surface area contributed by atoms with Crippen LogP contribution in [-0.4, -0.2) is 39.5 Å². The molecule has 26 heavy (non-hydrogen) atoms. The zero-order chi connectivity index (χ0) is 18.3. The lowest BCUT2D eigenvalue weighted by atomic mass is 9.74. The van der Waals surface area contributed by atoms with E-state index in [1.807, 2.05) is 19.1 Å². The molecule has 1 N–H and O–H groups in total. The van der Waals surface area contributed by atoms with Crippen LogP contribution in [0.2, 0.25) is 0 Å². The molecule has 1 saturated carbocycles. The lowest BCUT2D eigenvalue weighted by Gasteiger charge is -2.36. The van der Waals surface area contributed by atoms with Crippen LogP contribution in [0.25, 0.3) is 0 Å². The Labute approximate surface area is 152 Å². The number of nitrogens with zero attached hydrogens (tertiary/aromatic N) is 2. The molecule has 0 saturated heterocycles. The van der Waals surface area contributed by atoms with E-state index >= 15 is 0 Å². The van der Waals surface area contributed by atoms with Crippen LogP contribution in [0.3, 0.4) is 0 Å². The molecule has 1 aromatic carbocycles. The highest BCUT2D eigenvalue weighted by atomic mass is 16.3. The van der Waals surface area contributed by atoms with E-state index in [0.29, 0.717) is 30.5 Å². The minimum atomic E-state index is -0.341. The summed E-state index contributed by atoms with van der Waals surface area (Å²) in [4.78, 5) is 31.0. The Bertz CT molecular complexity index is 829. The number of hydrogen-bond donors (Lipinski definition) is 1. The van der Waals surface area contributed by atoms with E-state index < -0.39 is 0 Å². The largest absolute Gasteiger partial charge is 0.393 e. The Balaban J connectivity index is 1.60. The molecule has 2 heterocycles. The highest BCUT2D eigenvalue weighted by Crippen LogP contribution is 2.39. The molecule has 2 amide bonds. The number of aryl methyl sites for hydroxylation is 1. The van der Waals surface area contributed by atoms with Gasteiger partial charge in [0, 0.05) is 18.4 Å². The molecule has 1 fully saturated rings. The summed E-state index contributed by atoms with van der Waals surface area (Å²) in [7, 11) is 0. The quantitative estimate of drug-likeness (QED) is 0.864. The number of carbonyl (C=O) groups is 2. The summed E-state index contributed by atoms with van der Waals surface area (Å²) >= 11 is 0. The van der Waals surface area contributed by atoms with Gasteiger partial charge in [0.1, 0.15) is 0 Å². The van der Waals surface area contributed by atoms with Gasteiger partial charge in [-0.05, 0) is 67.9 Å². The van der Waals surface area contributed by atoms with E-state index in [1.54, 1.807) is 30.5 Å². The molecule has 4 rings (SSSR count). The van der Waals surface area contributed by atoms with Crippen molar-refractivity contribution in [2.24, 2.45) is 5.92 Å². The number of aromatic nitrogens is 1. The Morgan fingerprint density at radius 2 is 1.81 bits per heavy atom. The van der Waals surface area contributed by atoms with Crippen molar-refractivity contribution in [3.8, 4) is 0 Å². The maximum atomic E-state index is 12.7. The first-order chi connectivity index (χ1) is 12.5. The highest BCUT2D eigenvalue weighted by molar-refractivity contribution is 6.21. The third-order valence-electron chi connectivity index (χ3n) is 5.61. The minimum Gasteiger partial charge on any atom is -0.393 e. The van der Waals surface area contributed by atoms with Crippen LogP contribution in [-0.2, 0) is 0 Å². The van der Waals surface area contributed by atoms with Crippen molar-refractivity contribution in [3.05, 3.63) is 65.0 Å². The van der Waals surface area contributed by atoms with Gasteiger partial charge in [-0.3, -0.25) is 19.5 Å². The normalized spacial score (nSPS) is 25.5. The lowest BCUT2D eigenvalue weighted by Crippen LogP contribution is -2.39. The molecule has 0 spiro atoms. The molecule has 5 heteroatoms. The van der Waals surface area contributed by atoms with Gasteiger partial charge in [-0.1, -0.05) is 12.1 Å². The van der Waals surface area contributed by atoms with E-state index in [1.165, 1.54) is 4.90 Å². The van der Waals surface area contributed by atoms with Gasteiger partial charge in [-0.25, -0.2) is 0 Å². The predicted octanol–water partition coefficient (Wildman–Crippen LogP) is 2.93. The number of fused-ring (bicyclic) bond motifs is 1. The second kappa shape index (κ2) is 6.65. The summed E-state index contributed by atoms with van der Waals surface area (Å²) in [6.45, 7) is 2.34. The molecule has 2 aliphatic rings. The molecule has 2 aromatic rings.